The fourth-order valence-corrected chi connectivity index (χ4v) is 6.92. The van der Waals surface area contributed by atoms with Crippen molar-refractivity contribution in [1.82, 2.24) is 10.2 Å². The van der Waals surface area contributed by atoms with E-state index in [2.05, 4.69) is 37.1 Å². The molecule has 1 saturated carbocycles. The normalized spacial score (nSPS) is 23.1. The zero-order valence-electron chi connectivity index (χ0n) is 22.6. The highest BCUT2D eigenvalue weighted by molar-refractivity contribution is 7.91. The van der Waals surface area contributed by atoms with Gasteiger partial charge in [0.25, 0.3) is 5.91 Å². The number of carbonyl (C=O) groups is 1. The standard InChI is InChI=1S/C30H42N2O4S/c1-5-37(35,36)26-13-10-23(11-14-26)28(19-33)31-30(34)24-12-15-27-25(16-24)18-32(29(27)20(2)3)17-22-8-6-21(4)7-9-22/h10-16,20-22,28-29,33H,5-9,17-19H2,1-4H3,(H,31,34)/t21?,22?,28-,29+/m0/s1. The maximum Gasteiger partial charge on any atom is 0.251 e. The molecule has 1 heterocycles. The highest BCUT2D eigenvalue weighted by atomic mass is 32.2. The van der Waals surface area contributed by atoms with Crippen LogP contribution in [0.2, 0.25) is 0 Å². The van der Waals surface area contributed by atoms with Crippen LogP contribution in [0.3, 0.4) is 0 Å². The van der Waals surface area contributed by atoms with Crippen molar-refractivity contribution in [3.63, 3.8) is 0 Å². The molecular formula is C30H42N2O4S. The van der Waals surface area contributed by atoms with E-state index >= 15 is 0 Å². The zero-order chi connectivity index (χ0) is 26.7. The topological polar surface area (TPSA) is 86.7 Å². The molecule has 2 aliphatic rings. The maximum absolute atomic E-state index is 13.2. The molecule has 0 bridgehead atoms. The van der Waals surface area contributed by atoms with E-state index in [0.717, 1.165) is 24.9 Å². The predicted molar refractivity (Wildman–Crippen MR) is 147 cm³/mol. The van der Waals surface area contributed by atoms with Crippen molar-refractivity contribution < 1.29 is 18.3 Å². The Morgan fingerprint density at radius 2 is 1.76 bits per heavy atom. The van der Waals surface area contributed by atoms with Crippen molar-refractivity contribution in [2.45, 2.75) is 76.9 Å². The molecule has 1 aliphatic heterocycles. The molecule has 0 saturated heterocycles. The summed E-state index contributed by atoms with van der Waals surface area (Å²) in [4.78, 5) is 16.0. The predicted octanol–water partition coefficient (Wildman–Crippen LogP) is 5.28. The lowest BCUT2D eigenvalue weighted by Gasteiger charge is -2.34. The fraction of sp³-hybridized carbons (Fsp3) is 0.567. The van der Waals surface area contributed by atoms with E-state index in [-0.39, 0.29) is 23.2 Å². The SMILES string of the molecule is CCS(=O)(=O)c1ccc([C@H](CO)NC(=O)c2ccc3c(c2)CN(CC2CCC(C)CC2)[C@@H]3C(C)C)cc1. The highest BCUT2D eigenvalue weighted by Crippen LogP contribution is 2.41. The van der Waals surface area contributed by atoms with E-state index < -0.39 is 15.9 Å². The van der Waals surface area contributed by atoms with Crippen LogP contribution in [0.25, 0.3) is 0 Å². The quantitative estimate of drug-likeness (QED) is 0.464. The van der Waals surface area contributed by atoms with Crippen molar-refractivity contribution in [2.24, 2.45) is 17.8 Å². The van der Waals surface area contributed by atoms with Gasteiger partial charge in [-0.05, 0) is 71.6 Å². The van der Waals surface area contributed by atoms with Gasteiger partial charge in [-0.25, -0.2) is 8.42 Å². The second kappa shape index (κ2) is 11.7. The highest BCUT2D eigenvalue weighted by Gasteiger charge is 2.34. The summed E-state index contributed by atoms with van der Waals surface area (Å²) < 4.78 is 24.2. The number of amides is 1. The van der Waals surface area contributed by atoms with Gasteiger partial charge in [-0.3, -0.25) is 9.69 Å². The minimum absolute atomic E-state index is 0.0276. The third kappa shape index (κ3) is 6.27. The third-order valence-corrected chi connectivity index (χ3v) is 10.0. The molecule has 2 N–H and O–H groups in total. The molecule has 7 heteroatoms. The summed E-state index contributed by atoms with van der Waals surface area (Å²) in [5, 5.41) is 12.9. The molecule has 0 spiro atoms. The molecule has 0 aromatic heterocycles. The van der Waals surface area contributed by atoms with Crippen LogP contribution >= 0.6 is 0 Å². The number of nitrogens with one attached hydrogen (secondary N) is 1. The smallest absolute Gasteiger partial charge is 0.251 e. The Hall–Kier alpha value is -2.22. The number of aliphatic hydroxyl groups is 1. The van der Waals surface area contributed by atoms with Gasteiger partial charge in [0.05, 0.1) is 23.3 Å². The van der Waals surface area contributed by atoms with Crippen LogP contribution in [0.1, 0.15) is 92.5 Å². The molecule has 2 atom stereocenters. The Morgan fingerprint density at radius 1 is 1.08 bits per heavy atom. The summed E-state index contributed by atoms with van der Waals surface area (Å²) in [5.74, 6) is 1.87. The number of carbonyl (C=O) groups excluding carboxylic acids is 1. The van der Waals surface area contributed by atoms with E-state index in [9.17, 15) is 18.3 Å². The summed E-state index contributed by atoms with van der Waals surface area (Å²) >= 11 is 0. The van der Waals surface area contributed by atoms with Gasteiger partial charge < -0.3 is 10.4 Å². The molecule has 1 aliphatic carbocycles. The lowest BCUT2D eigenvalue weighted by Crippen LogP contribution is -2.32. The molecule has 202 valence electrons. The van der Waals surface area contributed by atoms with Crippen LogP contribution in [0.15, 0.2) is 47.4 Å². The van der Waals surface area contributed by atoms with Crippen LogP contribution < -0.4 is 5.32 Å². The summed E-state index contributed by atoms with van der Waals surface area (Å²) in [6.45, 7) is 10.2. The van der Waals surface area contributed by atoms with Crippen molar-refractivity contribution in [1.29, 1.82) is 0 Å². The van der Waals surface area contributed by atoms with Crippen molar-refractivity contribution in [3.8, 4) is 0 Å². The second-order valence-corrected chi connectivity index (χ2v) is 13.6. The van der Waals surface area contributed by atoms with Gasteiger partial charge in [0, 0.05) is 24.7 Å². The largest absolute Gasteiger partial charge is 0.394 e. The van der Waals surface area contributed by atoms with E-state index in [4.69, 9.17) is 0 Å². The molecule has 2 aromatic carbocycles. The van der Waals surface area contributed by atoms with Gasteiger partial charge in [-0.2, -0.15) is 0 Å². The van der Waals surface area contributed by atoms with Crippen LogP contribution in [0, 0.1) is 17.8 Å². The Kier molecular flexibility index (Phi) is 8.77. The number of benzene rings is 2. The Bertz CT molecular complexity index is 1180. The minimum atomic E-state index is -3.30. The molecule has 6 nitrogen and oxygen atoms in total. The number of fused-ring (bicyclic) bond motifs is 1. The summed E-state index contributed by atoms with van der Waals surface area (Å²) in [6.07, 6.45) is 5.26. The van der Waals surface area contributed by atoms with Gasteiger partial charge in [0.2, 0.25) is 0 Å². The molecule has 37 heavy (non-hydrogen) atoms. The first-order valence-corrected chi connectivity index (χ1v) is 15.4. The van der Waals surface area contributed by atoms with Gasteiger partial charge >= 0.3 is 0 Å². The molecule has 4 rings (SSSR count). The fourth-order valence-electron chi connectivity index (χ4n) is 6.04. The number of aliphatic hydroxyl groups excluding tert-OH is 1. The lowest BCUT2D eigenvalue weighted by molar-refractivity contribution is 0.0916. The number of hydrogen-bond donors (Lipinski definition) is 2. The monoisotopic (exact) mass is 526 g/mol. The Morgan fingerprint density at radius 3 is 2.35 bits per heavy atom. The minimum Gasteiger partial charge on any atom is -0.394 e. The van der Waals surface area contributed by atoms with E-state index in [1.807, 2.05) is 12.1 Å². The van der Waals surface area contributed by atoms with Crippen molar-refractivity contribution >= 4 is 15.7 Å². The van der Waals surface area contributed by atoms with Crippen LogP contribution in [-0.2, 0) is 16.4 Å². The van der Waals surface area contributed by atoms with Gasteiger partial charge in [0.1, 0.15) is 0 Å². The van der Waals surface area contributed by atoms with Gasteiger partial charge in [-0.1, -0.05) is 58.7 Å². The molecule has 0 unspecified atom stereocenters. The number of hydrogen-bond acceptors (Lipinski definition) is 5. The van der Waals surface area contributed by atoms with E-state index in [1.165, 1.54) is 48.9 Å². The first-order chi connectivity index (χ1) is 17.6. The zero-order valence-corrected chi connectivity index (χ0v) is 23.4. The number of sulfone groups is 1. The Labute approximate surface area is 222 Å². The lowest BCUT2D eigenvalue weighted by atomic mass is 9.82. The average molecular weight is 527 g/mol. The molecule has 1 fully saturated rings. The summed E-state index contributed by atoms with van der Waals surface area (Å²) in [5.41, 5.74) is 3.78. The van der Waals surface area contributed by atoms with Crippen molar-refractivity contribution in [2.75, 3.05) is 18.9 Å². The van der Waals surface area contributed by atoms with Crippen molar-refractivity contribution in [3.05, 3.63) is 64.7 Å². The third-order valence-electron chi connectivity index (χ3n) is 8.26. The maximum atomic E-state index is 13.2. The van der Waals surface area contributed by atoms with E-state index in [0.29, 0.717) is 23.1 Å². The Balaban J connectivity index is 1.47. The van der Waals surface area contributed by atoms with Crippen LogP contribution in [0.4, 0.5) is 0 Å². The van der Waals surface area contributed by atoms with Crippen LogP contribution in [-0.4, -0.2) is 43.2 Å². The first-order valence-electron chi connectivity index (χ1n) is 13.7. The second-order valence-electron chi connectivity index (χ2n) is 11.3. The summed E-state index contributed by atoms with van der Waals surface area (Å²) in [7, 11) is -3.30. The van der Waals surface area contributed by atoms with E-state index in [1.54, 1.807) is 19.1 Å². The van der Waals surface area contributed by atoms with Gasteiger partial charge in [0.15, 0.2) is 9.84 Å². The number of nitrogens with zero attached hydrogens (tertiary/aromatic N) is 1. The molecule has 0 radical (unpaired) electrons. The summed E-state index contributed by atoms with van der Waals surface area (Å²) in [6, 6.07) is 12.1. The van der Waals surface area contributed by atoms with Gasteiger partial charge in [-0.15, -0.1) is 0 Å². The first kappa shape index (κ1) is 27.8. The molecule has 2 aromatic rings. The van der Waals surface area contributed by atoms with Crippen LogP contribution in [0.5, 0.6) is 0 Å². The number of rotatable bonds is 9. The average Bonchev–Trinajstić information content (AvgIpc) is 3.25. The molecule has 1 amide bonds. The molecular weight excluding hydrogens is 484 g/mol.